The van der Waals surface area contributed by atoms with Crippen LogP contribution in [0.2, 0.25) is 0 Å². The molecule has 0 spiro atoms. The summed E-state index contributed by atoms with van der Waals surface area (Å²) in [6.45, 7) is 1.53. The lowest BCUT2D eigenvalue weighted by molar-refractivity contribution is 0.101. The largest absolute Gasteiger partial charge is 0.398 e. The summed E-state index contributed by atoms with van der Waals surface area (Å²) in [5.41, 5.74) is 6.87. The maximum Gasteiger partial charge on any atom is 0.163 e. The monoisotopic (exact) mass is 181 g/mol. The van der Waals surface area contributed by atoms with Crippen molar-refractivity contribution in [3.05, 3.63) is 23.8 Å². The number of ketones is 1. The highest BCUT2D eigenvalue weighted by molar-refractivity contribution is 7.98. The van der Waals surface area contributed by atoms with Gasteiger partial charge in [-0.05, 0) is 25.3 Å². The maximum atomic E-state index is 11.2. The highest BCUT2D eigenvalue weighted by Gasteiger charge is 2.08. The van der Waals surface area contributed by atoms with Gasteiger partial charge in [0.1, 0.15) is 0 Å². The Bertz CT molecular complexity index is 309. The summed E-state index contributed by atoms with van der Waals surface area (Å²) in [7, 11) is 0. The van der Waals surface area contributed by atoms with Gasteiger partial charge < -0.3 is 5.73 Å². The predicted molar refractivity (Wildman–Crippen MR) is 52.6 cm³/mol. The molecule has 0 atom stereocenters. The summed E-state index contributed by atoms with van der Waals surface area (Å²) in [4.78, 5) is 12.1. The molecule has 0 aliphatic rings. The van der Waals surface area contributed by atoms with Crippen molar-refractivity contribution in [2.45, 2.75) is 11.8 Å². The Balaban J connectivity index is 3.29. The van der Waals surface area contributed by atoms with E-state index in [1.807, 2.05) is 18.4 Å². The van der Waals surface area contributed by atoms with Gasteiger partial charge in [0.15, 0.2) is 5.78 Å². The standard InChI is InChI=1S/C9H11NOS/c1-6(11)9-7(10)4-3-5-8(9)12-2/h3-5H,10H2,1-2H3. The van der Waals surface area contributed by atoms with Crippen molar-refractivity contribution in [2.24, 2.45) is 0 Å². The Morgan fingerprint density at radius 3 is 2.58 bits per heavy atom. The van der Waals surface area contributed by atoms with Gasteiger partial charge in [-0.1, -0.05) is 6.07 Å². The van der Waals surface area contributed by atoms with Crippen LogP contribution in [0.3, 0.4) is 0 Å². The Labute approximate surface area is 76.2 Å². The second-order valence-electron chi connectivity index (χ2n) is 2.48. The Hall–Kier alpha value is -0.960. The number of anilines is 1. The number of nitrogen functional groups attached to an aromatic ring is 1. The average molecular weight is 181 g/mol. The summed E-state index contributed by atoms with van der Waals surface area (Å²) in [5.74, 6) is 0.0254. The number of carbonyl (C=O) groups is 1. The molecule has 0 saturated carbocycles. The molecule has 0 fully saturated rings. The van der Waals surface area contributed by atoms with Crippen LogP contribution in [-0.2, 0) is 0 Å². The van der Waals surface area contributed by atoms with Gasteiger partial charge in [-0.3, -0.25) is 4.79 Å². The van der Waals surface area contributed by atoms with E-state index in [9.17, 15) is 4.79 Å². The molecule has 0 aliphatic carbocycles. The van der Waals surface area contributed by atoms with Crippen molar-refractivity contribution in [1.29, 1.82) is 0 Å². The van der Waals surface area contributed by atoms with Gasteiger partial charge in [0.25, 0.3) is 0 Å². The molecule has 3 heteroatoms. The smallest absolute Gasteiger partial charge is 0.163 e. The number of carbonyl (C=O) groups excluding carboxylic acids is 1. The minimum Gasteiger partial charge on any atom is -0.398 e. The van der Waals surface area contributed by atoms with Crippen LogP contribution in [0.5, 0.6) is 0 Å². The van der Waals surface area contributed by atoms with E-state index < -0.39 is 0 Å². The van der Waals surface area contributed by atoms with Crippen LogP contribution in [0, 0.1) is 0 Å². The molecule has 0 amide bonds. The Kier molecular flexibility index (Phi) is 2.76. The summed E-state index contributed by atoms with van der Waals surface area (Å²) in [5, 5.41) is 0. The van der Waals surface area contributed by atoms with Gasteiger partial charge in [0.2, 0.25) is 0 Å². The number of rotatable bonds is 2. The van der Waals surface area contributed by atoms with Crippen LogP contribution in [0.25, 0.3) is 0 Å². The van der Waals surface area contributed by atoms with E-state index >= 15 is 0 Å². The fourth-order valence-electron chi connectivity index (χ4n) is 1.09. The number of Topliss-reactive ketones (excluding diaryl/α,β-unsaturated/α-hetero) is 1. The third-order valence-electron chi connectivity index (χ3n) is 1.63. The Morgan fingerprint density at radius 1 is 1.50 bits per heavy atom. The van der Waals surface area contributed by atoms with Gasteiger partial charge >= 0.3 is 0 Å². The van der Waals surface area contributed by atoms with Crippen molar-refractivity contribution < 1.29 is 4.79 Å². The number of thioether (sulfide) groups is 1. The molecule has 1 aromatic rings. The fourth-order valence-corrected chi connectivity index (χ4v) is 1.78. The zero-order chi connectivity index (χ0) is 9.14. The number of hydrogen-bond acceptors (Lipinski definition) is 3. The lowest BCUT2D eigenvalue weighted by Crippen LogP contribution is -2.01. The molecule has 2 nitrogen and oxygen atoms in total. The van der Waals surface area contributed by atoms with Crippen LogP contribution in [0.15, 0.2) is 23.1 Å². The third-order valence-corrected chi connectivity index (χ3v) is 2.41. The second-order valence-corrected chi connectivity index (χ2v) is 3.33. The quantitative estimate of drug-likeness (QED) is 0.432. The first-order valence-electron chi connectivity index (χ1n) is 3.60. The Morgan fingerprint density at radius 2 is 2.17 bits per heavy atom. The molecule has 0 unspecified atom stereocenters. The van der Waals surface area contributed by atoms with Crippen molar-refractivity contribution >= 4 is 23.2 Å². The van der Waals surface area contributed by atoms with Crippen molar-refractivity contribution in [3.8, 4) is 0 Å². The van der Waals surface area contributed by atoms with E-state index in [1.165, 1.54) is 18.7 Å². The first-order chi connectivity index (χ1) is 5.66. The zero-order valence-corrected chi connectivity index (χ0v) is 7.94. The van der Waals surface area contributed by atoms with Crippen molar-refractivity contribution in [3.63, 3.8) is 0 Å². The minimum atomic E-state index is 0.0254. The van der Waals surface area contributed by atoms with Gasteiger partial charge in [-0.15, -0.1) is 11.8 Å². The van der Waals surface area contributed by atoms with Crippen LogP contribution >= 0.6 is 11.8 Å². The van der Waals surface area contributed by atoms with E-state index in [-0.39, 0.29) is 5.78 Å². The summed E-state index contributed by atoms with van der Waals surface area (Å²) < 4.78 is 0. The lowest BCUT2D eigenvalue weighted by atomic mass is 10.1. The molecule has 0 aliphatic heterocycles. The van der Waals surface area contributed by atoms with Crippen LogP contribution in [0.1, 0.15) is 17.3 Å². The van der Waals surface area contributed by atoms with E-state index in [2.05, 4.69) is 0 Å². The van der Waals surface area contributed by atoms with Crippen molar-refractivity contribution in [1.82, 2.24) is 0 Å². The molecule has 0 saturated heterocycles. The lowest BCUT2D eigenvalue weighted by Gasteiger charge is -2.05. The van der Waals surface area contributed by atoms with E-state index in [4.69, 9.17) is 5.73 Å². The highest BCUT2D eigenvalue weighted by atomic mass is 32.2. The number of benzene rings is 1. The zero-order valence-electron chi connectivity index (χ0n) is 7.13. The second kappa shape index (κ2) is 3.63. The van der Waals surface area contributed by atoms with Crippen molar-refractivity contribution in [2.75, 3.05) is 12.0 Å². The van der Waals surface area contributed by atoms with Gasteiger partial charge in [0.05, 0.1) is 5.56 Å². The molecule has 12 heavy (non-hydrogen) atoms. The van der Waals surface area contributed by atoms with Crippen LogP contribution < -0.4 is 5.73 Å². The first kappa shape index (κ1) is 9.13. The summed E-state index contributed by atoms with van der Waals surface area (Å²) >= 11 is 1.54. The topological polar surface area (TPSA) is 43.1 Å². The molecule has 1 rings (SSSR count). The molecular weight excluding hydrogens is 170 g/mol. The maximum absolute atomic E-state index is 11.2. The van der Waals surface area contributed by atoms with E-state index in [0.717, 1.165) is 4.90 Å². The summed E-state index contributed by atoms with van der Waals surface area (Å²) in [6, 6.07) is 5.50. The minimum absolute atomic E-state index is 0.0254. The van der Waals surface area contributed by atoms with Gasteiger partial charge in [-0.2, -0.15) is 0 Å². The van der Waals surface area contributed by atoms with Gasteiger partial charge in [0, 0.05) is 10.6 Å². The molecule has 0 radical (unpaired) electrons. The van der Waals surface area contributed by atoms with Crippen LogP contribution in [0.4, 0.5) is 5.69 Å². The number of hydrogen-bond donors (Lipinski definition) is 1. The molecule has 64 valence electrons. The van der Waals surface area contributed by atoms with E-state index in [0.29, 0.717) is 11.3 Å². The normalized spacial score (nSPS) is 9.83. The molecular formula is C9H11NOS. The molecule has 0 heterocycles. The third kappa shape index (κ3) is 1.61. The highest BCUT2D eigenvalue weighted by Crippen LogP contribution is 2.25. The molecule has 0 aromatic heterocycles. The fraction of sp³-hybridized carbons (Fsp3) is 0.222. The predicted octanol–water partition coefficient (Wildman–Crippen LogP) is 2.19. The summed E-state index contributed by atoms with van der Waals surface area (Å²) in [6.07, 6.45) is 1.93. The molecule has 0 bridgehead atoms. The van der Waals surface area contributed by atoms with Crippen LogP contribution in [-0.4, -0.2) is 12.0 Å². The van der Waals surface area contributed by atoms with Gasteiger partial charge in [-0.25, -0.2) is 0 Å². The van der Waals surface area contributed by atoms with E-state index in [1.54, 1.807) is 6.07 Å². The first-order valence-corrected chi connectivity index (χ1v) is 4.82. The molecule has 2 N–H and O–H groups in total. The average Bonchev–Trinajstić information content (AvgIpc) is 2.03. The number of nitrogens with two attached hydrogens (primary N) is 1. The molecule has 1 aromatic carbocycles. The SMILES string of the molecule is CSc1cccc(N)c1C(C)=O.